The smallest absolute Gasteiger partial charge is 0.320 e. The Bertz CT molecular complexity index is 1150. The van der Waals surface area contributed by atoms with E-state index in [0.29, 0.717) is 38.4 Å². The van der Waals surface area contributed by atoms with Crippen LogP contribution in [0.15, 0.2) is 72.8 Å². The third-order valence-electron chi connectivity index (χ3n) is 4.73. The molecule has 0 radical (unpaired) electrons. The Balaban J connectivity index is 1.78. The lowest BCUT2D eigenvalue weighted by Gasteiger charge is -2.20. The van der Waals surface area contributed by atoms with Crippen molar-refractivity contribution in [2.45, 2.75) is 6.04 Å². The summed E-state index contributed by atoms with van der Waals surface area (Å²) in [6.45, 7) is 0. The number of amides is 3. The van der Waals surface area contributed by atoms with Gasteiger partial charge in [-0.3, -0.25) is 10.2 Å². The van der Waals surface area contributed by atoms with Crippen molar-refractivity contribution in [1.29, 1.82) is 5.41 Å². The van der Waals surface area contributed by atoms with Crippen molar-refractivity contribution in [3.05, 3.63) is 94.0 Å². The fourth-order valence-electron chi connectivity index (χ4n) is 3.01. The molecule has 3 aromatic carbocycles. The third kappa shape index (κ3) is 6.47. The highest BCUT2D eigenvalue weighted by atomic mass is 35.5. The fraction of sp³-hybridized carbons (Fsp3) is 0.125. The summed E-state index contributed by atoms with van der Waals surface area (Å²) in [5.74, 6) is -0.118. The molecule has 1 unspecified atom stereocenters. The van der Waals surface area contributed by atoms with E-state index in [9.17, 15) is 9.59 Å². The van der Waals surface area contributed by atoms with Gasteiger partial charge >= 0.3 is 6.03 Å². The number of nitrogens with one attached hydrogen (secondary N) is 4. The Morgan fingerprint density at radius 2 is 1.42 bits per heavy atom. The molecule has 0 spiro atoms. The summed E-state index contributed by atoms with van der Waals surface area (Å²) in [5.41, 5.74) is 2.21. The molecule has 0 fully saturated rings. The van der Waals surface area contributed by atoms with Crippen molar-refractivity contribution in [3.63, 3.8) is 0 Å². The van der Waals surface area contributed by atoms with E-state index in [-0.39, 0.29) is 0 Å². The van der Waals surface area contributed by atoms with Gasteiger partial charge in [-0.05, 0) is 54.6 Å². The molecule has 0 aliphatic heterocycles. The number of urea groups is 1. The summed E-state index contributed by atoms with van der Waals surface area (Å²) in [7, 11) is 3.57. The van der Waals surface area contributed by atoms with Crippen LogP contribution in [-0.2, 0) is 4.79 Å². The molecule has 33 heavy (non-hydrogen) atoms. The van der Waals surface area contributed by atoms with Crippen molar-refractivity contribution < 1.29 is 9.59 Å². The first-order valence-corrected chi connectivity index (χ1v) is 10.7. The van der Waals surface area contributed by atoms with Gasteiger partial charge in [-0.25, -0.2) is 4.79 Å². The second-order valence-electron chi connectivity index (χ2n) is 7.37. The maximum absolute atomic E-state index is 13.1. The second kappa shape index (κ2) is 10.8. The van der Waals surface area contributed by atoms with Crippen LogP contribution >= 0.6 is 23.2 Å². The Labute approximate surface area is 202 Å². The highest BCUT2D eigenvalue weighted by Crippen LogP contribution is 2.25. The first kappa shape index (κ1) is 24.1. The summed E-state index contributed by atoms with van der Waals surface area (Å²) in [5, 5.41) is 17.1. The molecule has 0 saturated carbocycles. The highest BCUT2D eigenvalue weighted by Gasteiger charge is 2.25. The van der Waals surface area contributed by atoms with Gasteiger partial charge in [0, 0.05) is 46.6 Å². The zero-order chi connectivity index (χ0) is 24.0. The van der Waals surface area contributed by atoms with Crippen molar-refractivity contribution in [1.82, 2.24) is 10.2 Å². The number of rotatable bonds is 6. The third-order valence-corrected chi connectivity index (χ3v) is 5.33. The monoisotopic (exact) mass is 483 g/mol. The number of carbonyl (C=O) groups excluding carboxylic acids is 2. The molecule has 7 nitrogen and oxygen atoms in total. The molecule has 3 rings (SSSR count). The number of benzene rings is 3. The van der Waals surface area contributed by atoms with Gasteiger partial charge in [0.1, 0.15) is 11.9 Å². The van der Waals surface area contributed by atoms with Gasteiger partial charge in [0.2, 0.25) is 0 Å². The van der Waals surface area contributed by atoms with E-state index in [1.165, 1.54) is 0 Å². The lowest BCUT2D eigenvalue weighted by atomic mass is 10.1. The van der Waals surface area contributed by atoms with Crippen LogP contribution in [0, 0.1) is 5.41 Å². The van der Waals surface area contributed by atoms with Crippen LogP contribution < -0.4 is 16.0 Å². The molecule has 0 aromatic heterocycles. The number of amidine groups is 1. The van der Waals surface area contributed by atoms with Crippen molar-refractivity contribution in [3.8, 4) is 0 Å². The van der Waals surface area contributed by atoms with Crippen LogP contribution in [-0.4, -0.2) is 36.8 Å². The summed E-state index contributed by atoms with van der Waals surface area (Å²) < 4.78 is 0. The molecule has 1 atom stereocenters. The standard InChI is InChI=1S/C24H23Cl2N5O2/c1-31(2)22(27)15-7-11-17(12-8-15)28-23(32)21(19-5-3-4-6-20(19)26)30-24(33)29-18-13-9-16(25)10-14-18/h3-14,21,27H,1-2H3,(H,28,32)(H2,29,30,33). The molecule has 0 bridgehead atoms. The van der Waals surface area contributed by atoms with Gasteiger partial charge < -0.3 is 20.9 Å². The number of hydrogen-bond donors (Lipinski definition) is 4. The van der Waals surface area contributed by atoms with Gasteiger partial charge in [-0.15, -0.1) is 0 Å². The van der Waals surface area contributed by atoms with Crippen LogP contribution in [0.5, 0.6) is 0 Å². The topological polar surface area (TPSA) is 97.3 Å². The average molecular weight is 484 g/mol. The van der Waals surface area contributed by atoms with Crippen molar-refractivity contribution in [2.24, 2.45) is 0 Å². The minimum atomic E-state index is -1.05. The molecule has 0 saturated heterocycles. The SMILES string of the molecule is CN(C)C(=N)c1ccc(NC(=O)C(NC(=O)Nc2ccc(Cl)cc2)c2ccccc2Cl)cc1. The first-order chi connectivity index (χ1) is 15.7. The molecule has 4 N–H and O–H groups in total. The minimum absolute atomic E-state index is 0.347. The predicted molar refractivity (Wildman–Crippen MR) is 133 cm³/mol. The van der Waals surface area contributed by atoms with Gasteiger partial charge in [0.05, 0.1) is 0 Å². The van der Waals surface area contributed by atoms with E-state index in [2.05, 4.69) is 16.0 Å². The largest absolute Gasteiger partial charge is 0.363 e. The minimum Gasteiger partial charge on any atom is -0.363 e. The second-order valence-corrected chi connectivity index (χ2v) is 8.21. The summed E-state index contributed by atoms with van der Waals surface area (Å²) in [6.07, 6.45) is 0. The van der Waals surface area contributed by atoms with Crippen LogP contribution in [0.25, 0.3) is 0 Å². The molecular weight excluding hydrogens is 461 g/mol. The van der Waals surface area contributed by atoms with Crippen molar-refractivity contribution in [2.75, 3.05) is 24.7 Å². The quantitative estimate of drug-likeness (QED) is 0.279. The molecule has 0 aliphatic carbocycles. The van der Waals surface area contributed by atoms with Crippen LogP contribution in [0.1, 0.15) is 17.2 Å². The van der Waals surface area contributed by atoms with Crippen molar-refractivity contribution >= 4 is 52.4 Å². The maximum atomic E-state index is 13.1. The van der Waals surface area contributed by atoms with Crippen LogP contribution in [0.2, 0.25) is 10.0 Å². The normalized spacial score (nSPS) is 11.3. The zero-order valence-electron chi connectivity index (χ0n) is 18.0. The van der Waals surface area contributed by atoms with E-state index in [1.54, 1.807) is 91.8 Å². The first-order valence-electron chi connectivity index (χ1n) is 9.99. The van der Waals surface area contributed by atoms with E-state index < -0.39 is 18.0 Å². The van der Waals surface area contributed by atoms with Gasteiger partial charge in [0.15, 0.2) is 0 Å². The van der Waals surface area contributed by atoms with Gasteiger partial charge in [-0.1, -0.05) is 41.4 Å². The summed E-state index contributed by atoms with van der Waals surface area (Å²) in [6, 6.07) is 18.7. The molecule has 170 valence electrons. The Morgan fingerprint density at radius 3 is 2.03 bits per heavy atom. The van der Waals surface area contributed by atoms with Crippen LogP contribution in [0.3, 0.4) is 0 Å². The van der Waals surface area contributed by atoms with Gasteiger partial charge in [-0.2, -0.15) is 0 Å². The van der Waals surface area contributed by atoms with Gasteiger partial charge in [0.25, 0.3) is 5.91 Å². The highest BCUT2D eigenvalue weighted by molar-refractivity contribution is 6.31. The Hall–Kier alpha value is -3.55. The summed E-state index contributed by atoms with van der Waals surface area (Å²) >= 11 is 12.2. The summed E-state index contributed by atoms with van der Waals surface area (Å²) in [4.78, 5) is 27.5. The number of carbonyl (C=O) groups is 2. The lowest BCUT2D eigenvalue weighted by Crippen LogP contribution is -2.39. The van der Waals surface area contributed by atoms with E-state index in [4.69, 9.17) is 28.6 Å². The number of nitrogens with zero attached hydrogens (tertiary/aromatic N) is 1. The fourth-order valence-corrected chi connectivity index (χ4v) is 3.38. The lowest BCUT2D eigenvalue weighted by molar-refractivity contribution is -0.118. The average Bonchev–Trinajstić information content (AvgIpc) is 2.79. The molecule has 3 aromatic rings. The van der Waals surface area contributed by atoms with E-state index in [0.717, 1.165) is 0 Å². The maximum Gasteiger partial charge on any atom is 0.320 e. The van der Waals surface area contributed by atoms with Crippen LogP contribution in [0.4, 0.5) is 16.2 Å². The molecule has 0 heterocycles. The number of halogens is 2. The van der Waals surface area contributed by atoms with E-state index >= 15 is 0 Å². The molecule has 3 amide bonds. The molecular formula is C24H23Cl2N5O2. The molecule has 0 aliphatic rings. The number of anilines is 2. The predicted octanol–water partition coefficient (Wildman–Crippen LogP) is 5.38. The Kier molecular flexibility index (Phi) is 7.92. The zero-order valence-corrected chi connectivity index (χ0v) is 19.5. The molecule has 9 heteroatoms. The Morgan fingerprint density at radius 1 is 0.848 bits per heavy atom. The number of hydrogen-bond acceptors (Lipinski definition) is 3. The van der Waals surface area contributed by atoms with E-state index in [1.807, 2.05) is 0 Å².